The Kier molecular flexibility index (Phi) is 4.73. The zero-order chi connectivity index (χ0) is 12.1. The molecule has 2 unspecified atom stereocenters. The van der Waals surface area contributed by atoms with Gasteiger partial charge in [-0.05, 0) is 26.3 Å². The van der Waals surface area contributed by atoms with E-state index in [9.17, 15) is 9.59 Å². The second kappa shape index (κ2) is 5.84. The monoisotopic (exact) mass is 228 g/mol. The van der Waals surface area contributed by atoms with Crippen molar-refractivity contribution in [1.82, 2.24) is 10.2 Å². The Labute approximate surface area is 95.8 Å². The first kappa shape index (κ1) is 13.0. The summed E-state index contributed by atoms with van der Waals surface area (Å²) in [5.74, 6) is -0.944. The van der Waals surface area contributed by atoms with E-state index in [1.165, 1.54) is 4.90 Å². The number of rotatable bonds is 5. The van der Waals surface area contributed by atoms with Gasteiger partial charge in [0.15, 0.2) is 0 Å². The second-order valence-electron chi connectivity index (χ2n) is 4.25. The highest BCUT2D eigenvalue weighted by atomic mass is 16.4. The molecule has 1 amide bonds. The molecule has 0 saturated carbocycles. The van der Waals surface area contributed by atoms with Crippen molar-refractivity contribution in [3.05, 3.63) is 0 Å². The van der Waals surface area contributed by atoms with E-state index in [1.807, 2.05) is 13.8 Å². The number of amides is 1. The molecule has 0 bridgehead atoms. The van der Waals surface area contributed by atoms with Crippen LogP contribution in [0.25, 0.3) is 0 Å². The molecule has 5 nitrogen and oxygen atoms in total. The summed E-state index contributed by atoms with van der Waals surface area (Å²) in [6, 6.07) is -0.506. The van der Waals surface area contributed by atoms with Gasteiger partial charge in [0.05, 0.1) is 0 Å². The first-order valence-electron chi connectivity index (χ1n) is 5.82. The van der Waals surface area contributed by atoms with Gasteiger partial charge in [0, 0.05) is 19.0 Å². The number of nitrogens with one attached hydrogen (secondary N) is 1. The van der Waals surface area contributed by atoms with E-state index in [0.717, 1.165) is 13.0 Å². The Hall–Kier alpha value is -1.10. The van der Waals surface area contributed by atoms with Crippen LogP contribution in [0.1, 0.15) is 33.1 Å². The lowest BCUT2D eigenvalue weighted by Gasteiger charge is -2.23. The molecule has 1 heterocycles. The van der Waals surface area contributed by atoms with Crippen LogP contribution in [-0.4, -0.2) is 47.1 Å². The number of hydrogen-bond donors (Lipinski definition) is 2. The van der Waals surface area contributed by atoms with E-state index in [0.29, 0.717) is 19.4 Å². The van der Waals surface area contributed by atoms with Crippen LogP contribution in [0.4, 0.5) is 0 Å². The number of carbonyl (C=O) groups is 2. The summed E-state index contributed by atoms with van der Waals surface area (Å²) in [5, 5.41) is 12.1. The number of likely N-dealkylation sites (tertiary alicyclic amines) is 1. The van der Waals surface area contributed by atoms with Crippen molar-refractivity contribution in [3.63, 3.8) is 0 Å². The van der Waals surface area contributed by atoms with E-state index >= 15 is 0 Å². The van der Waals surface area contributed by atoms with Gasteiger partial charge < -0.3 is 15.3 Å². The van der Waals surface area contributed by atoms with Crippen LogP contribution in [0.15, 0.2) is 0 Å². The lowest BCUT2D eigenvalue weighted by Crippen LogP contribution is -2.43. The van der Waals surface area contributed by atoms with Crippen molar-refractivity contribution in [2.75, 3.05) is 13.1 Å². The van der Waals surface area contributed by atoms with Gasteiger partial charge >= 0.3 is 5.97 Å². The lowest BCUT2D eigenvalue weighted by molar-refractivity contribution is -0.148. The van der Waals surface area contributed by atoms with Gasteiger partial charge in [-0.2, -0.15) is 0 Å². The molecular formula is C11H20N2O3. The predicted octanol–water partition coefficient (Wildman–Crippen LogP) is 0.450. The zero-order valence-electron chi connectivity index (χ0n) is 9.90. The van der Waals surface area contributed by atoms with Crippen LogP contribution in [-0.2, 0) is 9.59 Å². The van der Waals surface area contributed by atoms with Crippen molar-refractivity contribution in [1.29, 1.82) is 0 Å². The van der Waals surface area contributed by atoms with E-state index in [2.05, 4.69) is 5.32 Å². The largest absolute Gasteiger partial charge is 0.480 e. The molecule has 2 atom stereocenters. The minimum absolute atomic E-state index is 0.0571. The molecule has 0 aromatic heterocycles. The first-order chi connectivity index (χ1) is 7.56. The Morgan fingerprint density at radius 2 is 2.25 bits per heavy atom. The standard InChI is InChI=1S/C11H20N2O3/c1-3-12-8(2)7-10(14)13-6-4-5-9(13)11(15)16/h8-9,12H,3-7H2,1-2H3,(H,15,16). The third-order valence-corrected chi connectivity index (χ3v) is 2.89. The van der Waals surface area contributed by atoms with Crippen LogP contribution >= 0.6 is 0 Å². The smallest absolute Gasteiger partial charge is 0.326 e. The fourth-order valence-electron chi connectivity index (χ4n) is 2.12. The average Bonchev–Trinajstić information content (AvgIpc) is 2.65. The van der Waals surface area contributed by atoms with Gasteiger partial charge in [-0.3, -0.25) is 4.79 Å². The fourth-order valence-corrected chi connectivity index (χ4v) is 2.12. The molecule has 1 fully saturated rings. The Bertz CT molecular complexity index is 268. The van der Waals surface area contributed by atoms with E-state index < -0.39 is 12.0 Å². The molecule has 0 aromatic rings. The summed E-state index contributed by atoms with van der Waals surface area (Å²) >= 11 is 0. The van der Waals surface area contributed by atoms with Crippen molar-refractivity contribution in [3.8, 4) is 0 Å². The van der Waals surface area contributed by atoms with Crippen molar-refractivity contribution in [2.45, 2.75) is 45.2 Å². The fraction of sp³-hybridized carbons (Fsp3) is 0.818. The SMILES string of the molecule is CCNC(C)CC(=O)N1CCCC1C(=O)O. The molecule has 0 aliphatic carbocycles. The van der Waals surface area contributed by atoms with Crippen molar-refractivity contribution < 1.29 is 14.7 Å². The van der Waals surface area contributed by atoms with Gasteiger partial charge in [-0.25, -0.2) is 4.79 Å². The van der Waals surface area contributed by atoms with Gasteiger partial charge in [0.2, 0.25) is 5.91 Å². The molecule has 0 radical (unpaired) electrons. The summed E-state index contributed by atoms with van der Waals surface area (Å²) < 4.78 is 0. The zero-order valence-corrected chi connectivity index (χ0v) is 9.90. The van der Waals surface area contributed by atoms with Crippen LogP contribution in [0.3, 0.4) is 0 Å². The highest BCUT2D eigenvalue weighted by molar-refractivity contribution is 5.84. The predicted molar refractivity (Wildman–Crippen MR) is 60.1 cm³/mol. The molecule has 16 heavy (non-hydrogen) atoms. The molecule has 1 saturated heterocycles. The third kappa shape index (κ3) is 3.20. The van der Waals surface area contributed by atoms with Crippen molar-refractivity contribution >= 4 is 11.9 Å². The van der Waals surface area contributed by atoms with Gasteiger partial charge in [0.25, 0.3) is 0 Å². The number of aliphatic carboxylic acids is 1. The minimum atomic E-state index is -0.887. The number of carboxylic acids is 1. The molecule has 0 aromatic carbocycles. The van der Waals surface area contributed by atoms with E-state index in [4.69, 9.17) is 5.11 Å². The molecular weight excluding hydrogens is 208 g/mol. The van der Waals surface area contributed by atoms with Crippen LogP contribution in [0, 0.1) is 0 Å². The number of nitrogens with zero attached hydrogens (tertiary/aromatic N) is 1. The van der Waals surface area contributed by atoms with Gasteiger partial charge in [0.1, 0.15) is 6.04 Å². The second-order valence-corrected chi connectivity index (χ2v) is 4.25. The average molecular weight is 228 g/mol. The molecule has 5 heteroatoms. The van der Waals surface area contributed by atoms with Crippen LogP contribution in [0.5, 0.6) is 0 Å². The minimum Gasteiger partial charge on any atom is -0.480 e. The van der Waals surface area contributed by atoms with Gasteiger partial charge in [-0.15, -0.1) is 0 Å². The van der Waals surface area contributed by atoms with Crippen LogP contribution < -0.4 is 5.32 Å². The Balaban J connectivity index is 2.49. The topological polar surface area (TPSA) is 69.6 Å². The Morgan fingerprint density at radius 3 is 2.81 bits per heavy atom. The third-order valence-electron chi connectivity index (χ3n) is 2.89. The number of hydrogen-bond acceptors (Lipinski definition) is 3. The quantitative estimate of drug-likeness (QED) is 0.717. The van der Waals surface area contributed by atoms with Crippen LogP contribution in [0.2, 0.25) is 0 Å². The maximum absolute atomic E-state index is 11.9. The van der Waals surface area contributed by atoms with Crippen molar-refractivity contribution in [2.24, 2.45) is 0 Å². The summed E-state index contributed by atoms with van der Waals surface area (Å²) in [6.45, 7) is 5.32. The summed E-state index contributed by atoms with van der Waals surface area (Å²) in [7, 11) is 0. The summed E-state index contributed by atoms with van der Waals surface area (Å²) in [6.07, 6.45) is 1.74. The number of carboxylic acid groups (broad SMARTS) is 1. The highest BCUT2D eigenvalue weighted by Gasteiger charge is 2.33. The molecule has 1 aliphatic rings. The van der Waals surface area contributed by atoms with E-state index in [-0.39, 0.29) is 11.9 Å². The molecule has 2 N–H and O–H groups in total. The molecule has 92 valence electrons. The van der Waals surface area contributed by atoms with E-state index in [1.54, 1.807) is 0 Å². The lowest BCUT2D eigenvalue weighted by atomic mass is 10.2. The number of carbonyl (C=O) groups excluding carboxylic acids is 1. The Morgan fingerprint density at radius 1 is 1.56 bits per heavy atom. The molecule has 0 spiro atoms. The molecule has 1 rings (SSSR count). The first-order valence-corrected chi connectivity index (χ1v) is 5.82. The normalized spacial score (nSPS) is 22.1. The maximum Gasteiger partial charge on any atom is 0.326 e. The highest BCUT2D eigenvalue weighted by Crippen LogP contribution is 2.18. The summed E-state index contributed by atoms with van der Waals surface area (Å²) in [4.78, 5) is 24.3. The summed E-state index contributed by atoms with van der Waals surface area (Å²) in [5.41, 5.74) is 0. The van der Waals surface area contributed by atoms with Gasteiger partial charge in [-0.1, -0.05) is 6.92 Å². The maximum atomic E-state index is 11.9. The molecule has 1 aliphatic heterocycles.